The normalized spacial score (nSPS) is 10.7. The van der Waals surface area contributed by atoms with E-state index in [-0.39, 0.29) is 0 Å². The first-order valence-electron chi connectivity index (χ1n) is 4.91. The van der Waals surface area contributed by atoms with Gasteiger partial charge in [0.1, 0.15) is 0 Å². The molecule has 0 saturated carbocycles. The Kier molecular flexibility index (Phi) is 3.49. The van der Waals surface area contributed by atoms with Crippen LogP contribution in [-0.2, 0) is 6.42 Å². The Morgan fingerprint density at radius 2 is 2.12 bits per heavy atom. The first-order chi connectivity index (χ1) is 7.72. The SMILES string of the molecule is NCCc1cc(-c2cccc(Cl)c2Cl)n[nH]1. The zero-order chi connectivity index (χ0) is 11.5. The fraction of sp³-hybridized carbons (Fsp3) is 0.182. The number of aromatic nitrogens is 2. The summed E-state index contributed by atoms with van der Waals surface area (Å²) in [6.45, 7) is 0.588. The lowest BCUT2D eigenvalue weighted by Gasteiger charge is -2.01. The molecule has 0 spiro atoms. The van der Waals surface area contributed by atoms with Gasteiger partial charge in [-0.15, -0.1) is 0 Å². The fourth-order valence-electron chi connectivity index (χ4n) is 1.48. The molecule has 84 valence electrons. The van der Waals surface area contributed by atoms with E-state index in [4.69, 9.17) is 28.9 Å². The summed E-state index contributed by atoms with van der Waals surface area (Å²) in [5.41, 5.74) is 8.08. The van der Waals surface area contributed by atoms with Gasteiger partial charge in [0.05, 0.1) is 15.7 Å². The van der Waals surface area contributed by atoms with Gasteiger partial charge in [0, 0.05) is 17.7 Å². The van der Waals surface area contributed by atoms with Crippen molar-refractivity contribution in [2.24, 2.45) is 5.73 Å². The number of halogens is 2. The molecule has 0 atom stereocenters. The number of rotatable bonds is 3. The molecular weight excluding hydrogens is 245 g/mol. The Balaban J connectivity index is 2.39. The van der Waals surface area contributed by atoms with Crippen LogP contribution in [0, 0.1) is 0 Å². The van der Waals surface area contributed by atoms with Gasteiger partial charge < -0.3 is 5.73 Å². The predicted molar refractivity (Wildman–Crippen MR) is 66.8 cm³/mol. The summed E-state index contributed by atoms with van der Waals surface area (Å²) in [6.07, 6.45) is 0.769. The standard InChI is InChI=1S/C11H11Cl2N3/c12-9-3-1-2-8(11(9)13)10-6-7(4-5-14)15-16-10/h1-3,6H,4-5,14H2,(H,15,16). The van der Waals surface area contributed by atoms with Gasteiger partial charge in [0.25, 0.3) is 0 Å². The molecule has 0 bridgehead atoms. The number of aromatic amines is 1. The Bertz CT molecular complexity index is 494. The highest BCUT2D eigenvalue weighted by molar-refractivity contribution is 6.43. The van der Waals surface area contributed by atoms with Crippen molar-refractivity contribution in [2.75, 3.05) is 6.54 Å². The highest BCUT2D eigenvalue weighted by Gasteiger charge is 2.09. The van der Waals surface area contributed by atoms with Crippen molar-refractivity contribution in [1.82, 2.24) is 10.2 Å². The van der Waals surface area contributed by atoms with Gasteiger partial charge in [0.15, 0.2) is 0 Å². The molecule has 1 aromatic heterocycles. The zero-order valence-corrected chi connectivity index (χ0v) is 10.0. The summed E-state index contributed by atoms with van der Waals surface area (Å²) in [5.74, 6) is 0. The van der Waals surface area contributed by atoms with Crippen LogP contribution in [-0.4, -0.2) is 16.7 Å². The van der Waals surface area contributed by atoms with Crippen molar-refractivity contribution < 1.29 is 0 Å². The molecule has 0 aliphatic rings. The lowest BCUT2D eigenvalue weighted by Crippen LogP contribution is -2.02. The summed E-state index contributed by atoms with van der Waals surface area (Å²) in [4.78, 5) is 0. The van der Waals surface area contributed by atoms with E-state index < -0.39 is 0 Å². The molecule has 0 saturated heterocycles. The van der Waals surface area contributed by atoms with Crippen LogP contribution in [0.5, 0.6) is 0 Å². The van der Waals surface area contributed by atoms with Crippen molar-refractivity contribution in [1.29, 1.82) is 0 Å². The molecule has 0 aliphatic heterocycles. The lowest BCUT2D eigenvalue weighted by molar-refractivity contribution is 0.902. The number of nitrogens with one attached hydrogen (secondary N) is 1. The van der Waals surface area contributed by atoms with Gasteiger partial charge in [-0.3, -0.25) is 5.10 Å². The Morgan fingerprint density at radius 3 is 2.88 bits per heavy atom. The third-order valence-corrected chi connectivity index (χ3v) is 3.09. The predicted octanol–water partition coefficient (Wildman–Crippen LogP) is 2.88. The maximum absolute atomic E-state index is 6.10. The molecule has 0 unspecified atom stereocenters. The summed E-state index contributed by atoms with van der Waals surface area (Å²) in [5, 5.41) is 8.16. The summed E-state index contributed by atoms with van der Waals surface area (Å²) >= 11 is 12.0. The maximum atomic E-state index is 6.10. The van der Waals surface area contributed by atoms with E-state index in [0.717, 1.165) is 23.4 Å². The minimum Gasteiger partial charge on any atom is -0.330 e. The number of H-pyrrole nitrogens is 1. The molecule has 2 rings (SSSR count). The van der Waals surface area contributed by atoms with Crippen LogP contribution in [0.3, 0.4) is 0 Å². The van der Waals surface area contributed by atoms with Crippen molar-refractivity contribution in [2.45, 2.75) is 6.42 Å². The third kappa shape index (κ3) is 2.21. The van der Waals surface area contributed by atoms with Gasteiger partial charge in [-0.05, 0) is 18.7 Å². The summed E-state index contributed by atoms with van der Waals surface area (Å²) in [7, 11) is 0. The first-order valence-corrected chi connectivity index (χ1v) is 5.66. The Hall–Kier alpha value is -1.03. The van der Waals surface area contributed by atoms with Crippen LogP contribution in [0.15, 0.2) is 24.3 Å². The van der Waals surface area contributed by atoms with E-state index in [1.807, 2.05) is 18.2 Å². The number of hydrogen-bond donors (Lipinski definition) is 2. The summed E-state index contributed by atoms with van der Waals surface area (Å²) in [6, 6.07) is 7.42. The maximum Gasteiger partial charge on any atom is 0.0939 e. The van der Waals surface area contributed by atoms with Crippen LogP contribution >= 0.6 is 23.2 Å². The van der Waals surface area contributed by atoms with Crippen molar-refractivity contribution in [3.8, 4) is 11.3 Å². The van der Waals surface area contributed by atoms with Crippen LogP contribution in [0.25, 0.3) is 11.3 Å². The van der Waals surface area contributed by atoms with E-state index in [2.05, 4.69) is 10.2 Å². The molecule has 3 N–H and O–H groups in total. The minimum atomic E-state index is 0.523. The average molecular weight is 256 g/mol. The van der Waals surface area contributed by atoms with Gasteiger partial charge in [-0.2, -0.15) is 5.10 Å². The Labute approximate surface area is 104 Å². The van der Waals surface area contributed by atoms with Crippen molar-refractivity contribution >= 4 is 23.2 Å². The first kappa shape index (κ1) is 11.5. The van der Waals surface area contributed by atoms with Gasteiger partial charge >= 0.3 is 0 Å². The second-order valence-corrected chi connectivity index (χ2v) is 4.20. The fourth-order valence-corrected chi connectivity index (χ4v) is 1.88. The molecule has 0 fully saturated rings. The lowest BCUT2D eigenvalue weighted by atomic mass is 10.1. The second-order valence-electron chi connectivity index (χ2n) is 3.42. The summed E-state index contributed by atoms with van der Waals surface area (Å²) < 4.78 is 0. The van der Waals surface area contributed by atoms with Gasteiger partial charge in [-0.25, -0.2) is 0 Å². The minimum absolute atomic E-state index is 0.523. The van der Waals surface area contributed by atoms with E-state index in [1.165, 1.54) is 0 Å². The van der Waals surface area contributed by atoms with Crippen molar-refractivity contribution in [3.05, 3.63) is 40.0 Å². The topological polar surface area (TPSA) is 54.7 Å². The molecule has 0 radical (unpaired) electrons. The second kappa shape index (κ2) is 4.87. The van der Waals surface area contributed by atoms with E-state index in [0.29, 0.717) is 16.6 Å². The third-order valence-electron chi connectivity index (χ3n) is 2.27. The smallest absolute Gasteiger partial charge is 0.0939 e. The number of nitrogens with two attached hydrogens (primary N) is 1. The van der Waals surface area contributed by atoms with E-state index >= 15 is 0 Å². The van der Waals surface area contributed by atoms with Crippen LogP contribution in [0.2, 0.25) is 10.0 Å². The molecule has 2 aromatic rings. The van der Waals surface area contributed by atoms with Crippen LogP contribution in [0.1, 0.15) is 5.69 Å². The largest absolute Gasteiger partial charge is 0.330 e. The van der Waals surface area contributed by atoms with Gasteiger partial charge in [0.2, 0.25) is 0 Å². The van der Waals surface area contributed by atoms with Crippen molar-refractivity contribution in [3.63, 3.8) is 0 Å². The number of nitrogens with zero attached hydrogens (tertiary/aromatic N) is 1. The quantitative estimate of drug-likeness (QED) is 0.887. The molecule has 5 heteroatoms. The monoisotopic (exact) mass is 255 g/mol. The van der Waals surface area contributed by atoms with Crippen LogP contribution < -0.4 is 5.73 Å². The highest BCUT2D eigenvalue weighted by atomic mass is 35.5. The Morgan fingerprint density at radius 1 is 1.31 bits per heavy atom. The average Bonchev–Trinajstić information content (AvgIpc) is 2.71. The molecule has 1 aromatic carbocycles. The molecule has 1 heterocycles. The molecular formula is C11H11Cl2N3. The number of benzene rings is 1. The zero-order valence-electron chi connectivity index (χ0n) is 8.50. The van der Waals surface area contributed by atoms with Crippen LogP contribution in [0.4, 0.5) is 0 Å². The molecule has 0 aliphatic carbocycles. The number of hydrogen-bond acceptors (Lipinski definition) is 2. The highest BCUT2D eigenvalue weighted by Crippen LogP contribution is 2.32. The van der Waals surface area contributed by atoms with E-state index in [9.17, 15) is 0 Å². The molecule has 0 amide bonds. The van der Waals surface area contributed by atoms with Gasteiger partial charge in [-0.1, -0.05) is 35.3 Å². The molecule has 3 nitrogen and oxygen atoms in total. The van der Waals surface area contributed by atoms with E-state index in [1.54, 1.807) is 6.07 Å². The molecule has 16 heavy (non-hydrogen) atoms.